The van der Waals surface area contributed by atoms with Crippen molar-refractivity contribution in [2.75, 3.05) is 25.2 Å². The van der Waals surface area contributed by atoms with Gasteiger partial charge < -0.3 is 15.2 Å². The fourth-order valence-electron chi connectivity index (χ4n) is 0.775. The highest BCUT2D eigenvalue weighted by Gasteiger charge is 2.08. The zero-order valence-electron chi connectivity index (χ0n) is 7.78. The molecule has 0 aromatic heterocycles. The molecule has 0 fully saturated rings. The van der Waals surface area contributed by atoms with Crippen molar-refractivity contribution in [2.24, 2.45) is 0 Å². The maximum atomic E-state index is 10.9. The summed E-state index contributed by atoms with van der Waals surface area (Å²) in [6.07, 6.45) is 0.976. The van der Waals surface area contributed by atoms with Gasteiger partial charge in [0.25, 0.3) is 0 Å². The normalized spacial score (nSPS) is 14.7. The molecule has 0 rings (SSSR count). The highest BCUT2D eigenvalue weighted by atomic mass is 32.2. The number of carbonyl (C=O) groups excluding carboxylic acids is 1. The summed E-state index contributed by atoms with van der Waals surface area (Å²) in [5, 5.41) is 10.8. The molecule has 0 aliphatic heterocycles. The number of hydrogen-bond donors (Lipinski definition) is 2. The van der Waals surface area contributed by atoms with Crippen molar-refractivity contribution < 1.29 is 18.8 Å². The van der Waals surface area contributed by atoms with E-state index in [1.807, 2.05) is 0 Å². The van der Waals surface area contributed by atoms with Crippen LogP contribution in [0.5, 0.6) is 0 Å². The largest absolute Gasteiger partial charge is 0.447 e. The molecule has 0 aliphatic carbocycles. The average Bonchev–Trinajstić information content (AvgIpc) is 1.98. The quantitative estimate of drug-likeness (QED) is 0.638. The summed E-state index contributed by atoms with van der Waals surface area (Å²) >= 11 is 0. The lowest BCUT2D eigenvalue weighted by atomic mass is 10.4. The topological polar surface area (TPSA) is 75.6 Å². The summed E-state index contributed by atoms with van der Waals surface area (Å²) in [6, 6.07) is -0.183. The summed E-state index contributed by atoms with van der Waals surface area (Å²) < 4.78 is 15.3. The summed E-state index contributed by atoms with van der Waals surface area (Å²) in [6.45, 7) is 1.52. The lowest BCUT2D eigenvalue weighted by Gasteiger charge is -2.11. The Bertz CT molecular complexity index is 185. The van der Waals surface area contributed by atoms with E-state index < -0.39 is 16.9 Å². The number of amides is 1. The first-order valence-electron chi connectivity index (χ1n) is 3.90. The van der Waals surface area contributed by atoms with Crippen molar-refractivity contribution in [3.8, 4) is 0 Å². The average molecular weight is 209 g/mol. The van der Waals surface area contributed by atoms with Gasteiger partial charge in [0.2, 0.25) is 0 Å². The predicted molar refractivity (Wildman–Crippen MR) is 50.0 cm³/mol. The van der Waals surface area contributed by atoms with E-state index in [2.05, 4.69) is 10.1 Å². The molecule has 0 heterocycles. The van der Waals surface area contributed by atoms with Gasteiger partial charge in [-0.05, 0) is 6.92 Å². The van der Waals surface area contributed by atoms with Crippen LogP contribution in [0.1, 0.15) is 6.92 Å². The van der Waals surface area contributed by atoms with E-state index in [0.717, 1.165) is 0 Å². The molecular weight excluding hydrogens is 194 g/mol. The SMILES string of the molecule is CC(CS(C)=O)NC(=O)OCCO. The number of rotatable bonds is 5. The Morgan fingerprint density at radius 3 is 2.77 bits per heavy atom. The van der Waals surface area contributed by atoms with Crippen LogP contribution in [0.3, 0.4) is 0 Å². The van der Waals surface area contributed by atoms with Crippen molar-refractivity contribution in [2.45, 2.75) is 13.0 Å². The first kappa shape index (κ1) is 12.4. The molecule has 0 aromatic rings. The zero-order chi connectivity index (χ0) is 10.3. The van der Waals surface area contributed by atoms with Crippen molar-refractivity contribution >= 4 is 16.9 Å². The highest BCUT2D eigenvalue weighted by Crippen LogP contribution is 1.87. The number of ether oxygens (including phenoxy) is 1. The van der Waals surface area contributed by atoms with E-state index in [9.17, 15) is 9.00 Å². The first-order chi connectivity index (χ1) is 6.06. The Morgan fingerprint density at radius 1 is 1.69 bits per heavy atom. The van der Waals surface area contributed by atoms with Gasteiger partial charge in [-0.3, -0.25) is 4.21 Å². The van der Waals surface area contributed by atoms with Gasteiger partial charge in [0, 0.05) is 28.9 Å². The van der Waals surface area contributed by atoms with Crippen molar-refractivity contribution in [1.82, 2.24) is 5.32 Å². The molecule has 2 unspecified atom stereocenters. The lowest BCUT2D eigenvalue weighted by Crippen LogP contribution is -2.36. The Morgan fingerprint density at radius 2 is 2.31 bits per heavy atom. The summed E-state index contributed by atoms with van der Waals surface area (Å²) in [5.41, 5.74) is 0. The van der Waals surface area contributed by atoms with E-state index in [-0.39, 0.29) is 19.3 Å². The van der Waals surface area contributed by atoms with Gasteiger partial charge in [-0.2, -0.15) is 0 Å². The smallest absolute Gasteiger partial charge is 0.407 e. The molecule has 78 valence electrons. The molecule has 0 saturated heterocycles. The molecular formula is C7H15NO4S. The van der Waals surface area contributed by atoms with E-state index >= 15 is 0 Å². The Kier molecular flexibility index (Phi) is 6.52. The number of carbonyl (C=O) groups is 1. The number of aliphatic hydroxyl groups excluding tert-OH is 1. The fourth-order valence-corrected chi connectivity index (χ4v) is 1.56. The van der Waals surface area contributed by atoms with Crippen LogP contribution in [-0.4, -0.2) is 46.7 Å². The Hall–Kier alpha value is -0.620. The molecule has 0 spiro atoms. The molecule has 0 bridgehead atoms. The van der Waals surface area contributed by atoms with Crippen molar-refractivity contribution in [3.05, 3.63) is 0 Å². The third-order valence-corrected chi connectivity index (χ3v) is 2.14. The van der Waals surface area contributed by atoms with Crippen LogP contribution in [0.15, 0.2) is 0 Å². The summed E-state index contributed by atoms with van der Waals surface area (Å²) in [5.74, 6) is 0.397. The molecule has 0 aromatic carbocycles. The second-order valence-corrected chi connectivity index (χ2v) is 4.12. The standard InChI is InChI=1S/C7H15NO4S/c1-6(5-13(2)11)8-7(10)12-4-3-9/h6,9H,3-5H2,1-2H3,(H,8,10). The third-order valence-electron chi connectivity index (χ3n) is 1.17. The van der Waals surface area contributed by atoms with Crippen molar-refractivity contribution in [1.29, 1.82) is 0 Å². The molecule has 1 amide bonds. The summed E-state index contributed by atoms with van der Waals surface area (Å²) in [4.78, 5) is 10.9. The number of aliphatic hydroxyl groups is 1. The monoisotopic (exact) mass is 209 g/mol. The second-order valence-electron chi connectivity index (χ2n) is 2.64. The number of nitrogens with one attached hydrogen (secondary N) is 1. The minimum atomic E-state index is -0.937. The molecule has 2 N–H and O–H groups in total. The van der Waals surface area contributed by atoms with E-state index in [1.165, 1.54) is 0 Å². The molecule has 6 heteroatoms. The number of hydrogen-bond acceptors (Lipinski definition) is 4. The number of alkyl carbamates (subject to hydrolysis) is 1. The second kappa shape index (κ2) is 6.85. The highest BCUT2D eigenvalue weighted by molar-refractivity contribution is 7.84. The maximum absolute atomic E-state index is 10.9. The minimum absolute atomic E-state index is 0.0201. The lowest BCUT2D eigenvalue weighted by molar-refractivity contribution is 0.117. The van der Waals surface area contributed by atoms with E-state index in [4.69, 9.17) is 5.11 Å². The Labute approximate surface area is 79.9 Å². The van der Waals surface area contributed by atoms with Gasteiger partial charge in [-0.25, -0.2) is 4.79 Å². The minimum Gasteiger partial charge on any atom is -0.447 e. The summed E-state index contributed by atoms with van der Waals surface area (Å²) in [7, 11) is -0.937. The van der Waals surface area contributed by atoms with Crippen LogP contribution < -0.4 is 5.32 Å². The van der Waals surface area contributed by atoms with Crippen LogP contribution in [0.25, 0.3) is 0 Å². The Balaban J connectivity index is 3.59. The van der Waals surface area contributed by atoms with Gasteiger partial charge in [-0.15, -0.1) is 0 Å². The van der Waals surface area contributed by atoms with E-state index in [1.54, 1.807) is 13.2 Å². The van der Waals surface area contributed by atoms with Crippen LogP contribution in [0.2, 0.25) is 0 Å². The van der Waals surface area contributed by atoms with Gasteiger partial charge in [0.15, 0.2) is 0 Å². The van der Waals surface area contributed by atoms with Crippen LogP contribution in [0, 0.1) is 0 Å². The fraction of sp³-hybridized carbons (Fsp3) is 0.857. The van der Waals surface area contributed by atoms with Gasteiger partial charge in [-0.1, -0.05) is 0 Å². The molecule has 0 radical (unpaired) electrons. The molecule has 0 aliphatic rings. The van der Waals surface area contributed by atoms with Crippen LogP contribution in [-0.2, 0) is 15.5 Å². The zero-order valence-corrected chi connectivity index (χ0v) is 8.60. The molecule has 0 saturated carbocycles. The molecule has 13 heavy (non-hydrogen) atoms. The molecule has 5 nitrogen and oxygen atoms in total. The molecule has 2 atom stereocenters. The van der Waals surface area contributed by atoms with Gasteiger partial charge in [0.05, 0.1) is 6.61 Å². The van der Waals surface area contributed by atoms with Crippen LogP contribution in [0.4, 0.5) is 4.79 Å². The predicted octanol–water partition coefficient (Wildman–Crippen LogP) is -0.528. The third kappa shape index (κ3) is 7.73. The van der Waals surface area contributed by atoms with E-state index in [0.29, 0.717) is 5.75 Å². The van der Waals surface area contributed by atoms with Crippen LogP contribution >= 0.6 is 0 Å². The van der Waals surface area contributed by atoms with Gasteiger partial charge >= 0.3 is 6.09 Å². The maximum Gasteiger partial charge on any atom is 0.407 e. The van der Waals surface area contributed by atoms with Crippen molar-refractivity contribution in [3.63, 3.8) is 0 Å². The first-order valence-corrected chi connectivity index (χ1v) is 5.63. The van der Waals surface area contributed by atoms with Gasteiger partial charge in [0.1, 0.15) is 6.61 Å².